The largest absolute Gasteiger partial charge is 0.491 e. The third kappa shape index (κ3) is 27.2. The van der Waals surface area contributed by atoms with E-state index < -0.39 is 17.8 Å². The van der Waals surface area contributed by atoms with Gasteiger partial charge in [0.2, 0.25) is 5.82 Å². The number of ether oxygens (including phenoxy) is 13. The summed E-state index contributed by atoms with van der Waals surface area (Å²) < 4.78 is 71.3. The highest BCUT2D eigenvalue weighted by atomic mass is 16.7. The molecule has 3 rings (SSSR count). The first-order chi connectivity index (χ1) is 30.5. The SMILES string of the molecule is Cc1nnc(-c2ccc(OCCOCCOCCOCCOCCOCCOCCOCCOCCOCCOCCOCCOCCC(=O)ON3C(=O)CCC3=O)cc2)nn1. The maximum Gasteiger partial charge on any atom is 0.335 e. The number of hydrogen-bond donors (Lipinski definition) is 0. The molecule has 2 aromatic rings. The summed E-state index contributed by atoms with van der Waals surface area (Å²) in [4.78, 5) is 39.3. The molecule has 1 aliphatic rings. The summed E-state index contributed by atoms with van der Waals surface area (Å²) in [5, 5.41) is 16.4. The molecule has 0 unspecified atom stereocenters. The maximum absolute atomic E-state index is 11.7. The standard InChI is InChI=1S/C40H63N5O17/c1-34-41-43-40(44-42-34)35-2-4-36(5-3-35)61-33-32-60-31-30-59-29-28-58-27-26-57-25-24-56-23-22-55-21-20-54-19-18-53-17-16-52-15-14-51-13-12-50-11-10-49-9-8-39(48)62-45-37(46)6-7-38(45)47/h2-5H,6-33H2,1H3. The van der Waals surface area contributed by atoms with Crippen LogP contribution in [0.4, 0.5) is 0 Å². The third-order valence-corrected chi connectivity index (χ3v) is 7.93. The second kappa shape index (κ2) is 36.6. The smallest absolute Gasteiger partial charge is 0.335 e. The molecule has 1 aromatic carbocycles. The third-order valence-electron chi connectivity index (χ3n) is 7.93. The molecule has 0 aliphatic carbocycles. The van der Waals surface area contributed by atoms with Crippen molar-refractivity contribution in [1.82, 2.24) is 25.5 Å². The molecule has 350 valence electrons. The van der Waals surface area contributed by atoms with Crippen LogP contribution >= 0.6 is 0 Å². The van der Waals surface area contributed by atoms with Gasteiger partial charge in [-0.2, -0.15) is 0 Å². The van der Waals surface area contributed by atoms with Crippen molar-refractivity contribution < 1.29 is 80.8 Å². The van der Waals surface area contributed by atoms with Gasteiger partial charge in [-0.25, -0.2) is 4.79 Å². The van der Waals surface area contributed by atoms with Crippen LogP contribution in [0, 0.1) is 6.92 Å². The monoisotopic (exact) mass is 885 g/mol. The van der Waals surface area contributed by atoms with Crippen LogP contribution < -0.4 is 4.74 Å². The van der Waals surface area contributed by atoms with Gasteiger partial charge in [-0.3, -0.25) is 9.59 Å². The molecule has 1 aromatic heterocycles. The van der Waals surface area contributed by atoms with E-state index >= 15 is 0 Å². The predicted molar refractivity (Wildman–Crippen MR) is 215 cm³/mol. The summed E-state index contributed by atoms with van der Waals surface area (Å²) in [6.45, 7) is 12.5. The van der Waals surface area contributed by atoms with Crippen LogP contribution in [0.5, 0.6) is 5.75 Å². The van der Waals surface area contributed by atoms with Crippen molar-refractivity contribution >= 4 is 17.8 Å². The van der Waals surface area contributed by atoms with Crippen LogP contribution in [0.3, 0.4) is 0 Å². The van der Waals surface area contributed by atoms with Gasteiger partial charge in [-0.05, 0) is 31.2 Å². The Morgan fingerprint density at radius 3 is 1.10 bits per heavy atom. The first-order valence-corrected chi connectivity index (χ1v) is 20.8. The first-order valence-electron chi connectivity index (χ1n) is 20.8. The topological polar surface area (TPSA) is 235 Å². The normalized spacial score (nSPS) is 12.8. The van der Waals surface area contributed by atoms with Gasteiger partial charge >= 0.3 is 5.97 Å². The molecule has 0 N–H and O–H groups in total. The average Bonchev–Trinajstić information content (AvgIpc) is 3.59. The minimum atomic E-state index is -0.703. The molecule has 0 spiro atoms. The van der Waals surface area contributed by atoms with Crippen molar-refractivity contribution in [3.05, 3.63) is 30.1 Å². The van der Waals surface area contributed by atoms with E-state index in [4.69, 9.17) is 66.4 Å². The summed E-state index contributed by atoms with van der Waals surface area (Å²) in [6.07, 6.45) is 0.0311. The Morgan fingerprint density at radius 2 is 0.758 bits per heavy atom. The number of aromatic nitrogens is 4. The van der Waals surface area contributed by atoms with E-state index in [1.54, 1.807) is 6.92 Å². The van der Waals surface area contributed by atoms with Gasteiger partial charge < -0.3 is 66.4 Å². The minimum absolute atomic E-state index is 0.0550. The van der Waals surface area contributed by atoms with Gasteiger partial charge in [-0.15, -0.1) is 25.5 Å². The zero-order chi connectivity index (χ0) is 44.0. The molecule has 22 nitrogen and oxygen atoms in total. The van der Waals surface area contributed by atoms with E-state index in [0.29, 0.717) is 169 Å². The molecule has 1 saturated heterocycles. The molecule has 2 amide bonds. The Morgan fingerprint density at radius 1 is 0.452 bits per heavy atom. The molecular weight excluding hydrogens is 822 g/mol. The lowest BCUT2D eigenvalue weighted by Crippen LogP contribution is -2.32. The molecule has 2 heterocycles. The van der Waals surface area contributed by atoms with E-state index in [1.807, 2.05) is 24.3 Å². The first kappa shape index (κ1) is 52.4. The van der Waals surface area contributed by atoms with Crippen molar-refractivity contribution in [1.29, 1.82) is 0 Å². The molecule has 0 radical (unpaired) electrons. The molecule has 62 heavy (non-hydrogen) atoms. The van der Waals surface area contributed by atoms with Gasteiger partial charge in [0.25, 0.3) is 11.8 Å². The average molecular weight is 886 g/mol. The number of hydroxylamine groups is 2. The number of nitrogens with zero attached hydrogens (tertiary/aromatic N) is 5. The molecule has 1 aliphatic heterocycles. The van der Waals surface area contributed by atoms with Crippen LogP contribution in [-0.2, 0) is 76.1 Å². The number of imide groups is 1. The summed E-state index contributed by atoms with van der Waals surface area (Å²) in [5.41, 5.74) is 0.813. The van der Waals surface area contributed by atoms with Crippen molar-refractivity contribution in [3.63, 3.8) is 0 Å². The highest BCUT2D eigenvalue weighted by Crippen LogP contribution is 2.18. The number of carbonyl (C=O) groups is 3. The molecular formula is C40H63N5O17. The van der Waals surface area contributed by atoms with Gasteiger partial charge in [0, 0.05) is 18.4 Å². The van der Waals surface area contributed by atoms with Gasteiger partial charge in [0.1, 0.15) is 12.4 Å². The lowest BCUT2D eigenvalue weighted by molar-refractivity contribution is -0.198. The summed E-state index contributed by atoms with van der Waals surface area (Å²) in [5.74, 6) is -0.0173. The Kier molecular flexibility index (Phi) is 30.9. The van der Waals surface area contributed by atoms with E-state index in [9.17, 15) is 14.4 Å². The molecule has 0 saturated carbocycles. The van der Waals surface area contributed by atoms with Crippen LogP contribution in [0.2, 0.25) is 0 Å². The quantitative estimate of drug-likeness (QED) is 0.0663. The fourth-order valence-electron chi connectivity index (χ4n) is 4.80. The van der Waals surface area contributed by atoms with E-state index in [0.717, 1.165) is 11.3 Å². The predicted octanol–water partition coefficient (Wildman–Crippen LogP) is 0.817. The van der Waals surface area contributed by atoms with E-state index in [-0.39, 0.29) is 32.5 Å². The van der Waals surface area contributed by atoms with Crippen LogP contribution in [0.15, 0.2) is 24.3 Å². The lowest BCUT2D eigenvalue weighted by atomic mass is 10.2. The molecule has 0 atom stereocenters. The maximum atomic E-state index is 11.7. The van der Waals surface area contributed by atoms with Crippen molar-refractivity contribution in [2.75, 3.05) is 165 Å². The van der Waals surface area contributed by atoms with E-state index in [2.05, 4.69) is 20.4 Å². The van der Waals surface area contributed by atoms with E-state index in [1.165, 1.54) is 0 Å². The Bertz CT molecular complexity index is 1410. The fraction of sp³-hybridized carbons (Fsp3) is 0.725. The van der Waals surface area contributed by atoms with Gasteiger partial charge in [0.05, 0.1) is 165 Å². The van der Waals surface area contributed by atoms with Crippen LogP contribution in [0.25, 0.3) is 11.4 Å². The second-order valence-corrected chi connectivity index (χ2v) is 12.8. The lowest BCUT2D eigenvalue weighted by Gasteiger charge is -2.12. The molecule has 22 heteroatoms. The minimum Gasteiger partial charge on any atom is -0.491 e. The number of carbonyl (C=O) groups excluding carboxylic acids is 3. The van der Waals surface area contributed by atoms with Crippen molar-refractivity contribution in [2.45, 2.75) is 26.2 Å². The zero-order valence-corrected chi connectivity index (χ0v) is 35.8. The summed E-state index contributed by atoms with van der Waals surface area (Å²) in [6, 6.07) is 7.40. The second-order valence-electron chi connectivity index (χ2n) is 12.8. The Labute approximate surface area is 362 Å². The zero-order valence-electron chi connectivity index (χ0n) is 35.8. The van der Waals surface area contributed by atoms with Crippen molar-refractivity contribution in [2.24, 2.45) is 0 Å². The number of rotatable bonds is 42. The molecule has 0 bridgehead atoms. The Hall–Kier alpha value is -3.91. The number of amides is 2. The van der Waals surface area contributed by atoms with Gasteiger partial charge in [0.15, 0.2) is 5.82 Å². The van der Waals surface area contributed by atoms with Crippen LogP contribution in [0.1, 0.15) is 25.1 Å². The number of benzene rings is 1. The van der Waals surface area contributed by atoms with Crippen LogP contribution in [-0.4, -0.2) is 208 Å². The highest BCUT2D eigenvalue weighted by molar-refractivity contribution is 6.01. The number of hydrogen-bond acceptors (Lipinski definition) is 21. The van der Waals surface area contributed by atoms with Crippen molar-refractivity contribution in [3.8, 4) is 17.1 Å². The summed E-state index contributed by atoms with van der Waals surface area (Å²) in [7, 11) is 0. The summed E-state index contributed by atoms with van der Waals surface area (Å²) >= 11 is 0. The highest BCUT2D eigenvalue weighted by Gasteiger charge is 2.32. The Balaban J connectivity index is 0.900. The van der Waals surface area contributed by atoms with Gasteiger partial charge in [-0.1, -0.05) is 0 Å². The number of aryl methyl sites for hydroxylation is 1. The molecule has 1 fully saturated rings. The fourth-order valence-corrected chi connectivity index (χ4v) is 4.80.